The number of methoxy groups -OCH3 is 1. The van der Waals surface area contributed by atoms with Gasteiger partial charge in [-0.25, -0.2) is 14.8 Å². The lowest BCUT2D eigenvalue weighted by Crippen LogP contribution is -2.07. The van der Waals surface area contributed by atoms with Crippen LogP contribution in [0, 0.1) is 0 Å². The molecule has 1 aromatic heterocycles. The molecule has 4 nitrogen and oxygen atoms in total. The monoisotopic (exact) mass is 208 g/mol. The Morgan fingerprint density at radius 1 is 1.33 bits per heavy atom. The predicted molar refractivity (Wildman–Crippen MR) is 56.6 cm³/mol. The standard InChI is InChI=1S/C11H16N2O2/c1-3-4-5-6-9-7-12-10(13-8-9)11(14)15-2/h7-8H,3-6H2,1-2H3. The summed E-state index contributed by atoms with van der Waals surface area (Å²) in [6.45, 7) is 2.16. The molecular formula is C11H16N2O2. The van der Waals surface area contributed by atoms with Gasteiger partial charge < -0.3 is 4.74 Å². The van der Waals surface area contributed by atoms with E-state index in [0.29, 0.717) is 0 Å². The van der Waals surface area contributed by atoms with Gasteiger partial charge in [0.2, 0.25) is 5.82 Å². The minimum Gasteiger partial charge on any atom is -0.463 e. The van der Waals surface area contributed by atoms with Gasteiger partial charge in [-0.3, -0.25) is 0 Å². The van der Waals surface area contributed by atoms with E-state index in [1.165, 1.54) is 20.0 Å². The normalized spacial score (nSPS) is 10.0. The van der Waals surface area contributed by atoms with Crippen LogP contribution in [0.15, 0.2) is 12.4 Å². The topological polar surface area (TPSA) is 52.1 Å². The van der Waals surface area contributed by atoms with E-state index < -0.39 is 5.97 Å². The molecule has 0 aromatic carbocycles. The summed E-state index contributed by atoms with van der Waals surface area (Å²) in [5.74, 6) is -0.369. The third-order valence-corrected chi connectivity index (χ3v) is 2.14. The van der Waals surface area contributed by atoms with Crippen LogP contribution in [0.2, 0.25) is 0 Å². The van der Waals surface area contributed by atoms with Gasteiger partial charge in [-0.2, -0.15) is 0 Å². The zero-order valence-electron chi connectivity index (χ0n) is 9.19. The highest BCUT2D eigenvalue weighted by Gasteiger charge is 2.07. The first-order chi connectivity index (χ1) is 7.27. The van der Waals surface area contributed by atoms with Crippen molar-refractivity contribution in [3.8, 4) is 0 Å². The van der Waals surface area contributed by atoms with Gasteiger partial charge in [-0.15, -0.1) is 0 Å². The van der Waals surface area contributed by atoms with Crippen LogP contribution in [0.1, 0.15) is 42.4 Å². The maximum atomic E-state index is 11.0. The minimum absolute atomic E-state index is 0.122. The molecule has 0 fully saturated rings. The van der Waals surface area contributed by atoms with Crippen molar-refractivity contribution in [2.75, 3.05) is 7.11 Å². The lowest BCUT2D eigenvalue weighted by molar-refractivity contribution is 0.0586. The molecule has 0 amide bonds. The van der Waals surface area contributed by atoms with Crippen LogP contribution in [-0.2, 0) is 11.2 Å². The fourth-order valence-electron chi connectivity index (χ4n) is 1.26. The van der Waals surface area contributed by atoms with E-state index in [9.17, 15) is 4.79 Å². The molecule has 0 bridgehead atoms. The summed E-state index contributed by atoms with van der Waals surface area (Å²) in [4.78, 5) is 18.9. The number of unbranched alkanes of at least 4 members (excludes halogenated alkanes) is 2. The Morgan fingerprint density at radius 3 is 2.53 bits per heavy atom. The van der Waals surface area contributed by atoms with Gasteiger partial charge in [0.25, 0.3) is 0 Å². The highest BCUT2D eigenvalue weighted by atomic mass is 16.5. The molecule has 1 aromatic rings. The van der Waals surface area contributed by atoms with Crippen LogP contribution in [0.25, 0.3) is 0 Å². The number of aromatic nitrogens is 2. The summed E-state index contributed by atoms with van der Waals surface area (Å²) in [7, 11) is 1.32. The number of carbonyl (C=O) groups is 1. The summed E-state index contributed by atoms with van der Waals surface area (Å²) >= 11 is 0. The molecular weight excluding hydrogens is 192 g/mol. The quantitative estimate of drug-likeness (QED) is 0.548. The molecule has 1 rings (SSSR count). The highest BCUT2D eigenvalue weighted by Crippen LogP contribution is 2.04. The summed E-state index contributed by atoms with van der Waals surface area (Å²) < 4.78 is 4.51. The lowest BCUT2D eigenvalue weighted by atomic mass is 10.1. The number of esters is 1. The SMILES string of the molecule is CCCCCc1cnc(C(=O)OC)nc1. The van der Waals surface area contributed by atoms with E-state index in [-0.39, 0.29) is 5.82 Å². The Balaban J connectivity index is 2.52. The smallest absolute Gasteiger partial charge is 0.376 e. The fraction of sp³-hybridized carbons (Fsp3) is 0.545. The molecule has 0 radical (unpaired) electrons. The van der Waals surface area contributed by atoms with Crippen LogP contribution < -0.4 is 0 Å². The fourth-order valence-corrected chi connectivity index (χ4v) is 1.26. The summed E-state index contributed by atoms with van der Waals surface area (Å²) in [5.41, 5.74) is 1.07. The number of aryl methyl sites for hydroxylation is 1. The van der Waals surface area contributed by atoms with E-state index in [1.807, 2.05) is 0 Å². The van der Waals surface area contributed by atoms with Crippen LogP contribution in [0.5, 0.6) is 0 Å². The van der Waals surface area contributed by atoms with Crippen molar-refractivity contribution in [2.45, 2.75) is 32.6 Å². The molecule has 0 aliphatic heterocycles. The van der Waals surface area contributed by atoms with Crippen molar-refractivity contribution in [3.63, 3.8) is 0 Å². The maximum absolute atomic E-state index is 11.0. The molecule has 15 heavy (non-hydrogen) atoms. The molecule has 4 heteroatoms. The Kier molecular flexibility index (Phi) is 4.74. The number of ether oxygens (including phenoxy) is 1. The summed E-state index contributed by atoms with van der Waals surface area (Å²) in [5, 5.41) is 0. The lowest BCUT2D eigenvalue weighted by Gasteiger charge is -2.00. The van der Waals surface area contributed by atoms with Gasteiger partial charge in [0.1, 0.15) is 0 Å². The third-order valence-electron chi connectivity index (χ3n) is 2.14. The van der Waals surface area contributed by atoms with Gasteiger partial charge in [0.05, 0.1) is 7.11 Å². The minimum atomic E-state index is -0.491. The summed E-state index contributed by atoms with van der Waals surface area (Å²) in [6, 6.07) is 0. The van der Waals surface area contributed by atoms with Gasteiger partial charge in [-0.1, -0.05) is 19.8 Å². The second-order valence-corrected chi connectivity index (χ2v) is 3.36. The maximum Gasteiger partial charge on any atom is 0.376 e. The second-order valence-electron chi connectivity index (χ2n) is 3.36. The van der Waals surface area contributed by atoms with Crippen molar-refractivity contribution in [2.24, 2.45) is 0 Å². The average Bonchev–Trinajstić information content (AvgIpc) is 2.29. The Morgan fingerprint density at radius 2 is 2.00 bits per heavy atom. The number of rotatable bonds is 5. The molecule has 0 aliphatic carbocycles. The largest absolute Gasteiger partial charge is 0.463 e. The van der Waals surface area contributed by atoms with Crippen LogP contribution >= 0.6 is 0 Å². The molecule has 0 saturated heterocycles. The molecule has 0 spiro atoms. The van der Waals surface area contributed by atoms with Crippen molar-refractivity contribution < 1.29 is 9.53 Å². The molecule has 0 N–H and O–H groups in total. The molecule has 0 aliphatic rings. The number of carbonyl (C=O) groups excluding carboxylic acids is 1. The first-order valence-electron chi connectivity index (χ1n) is 5.17. The Bertz CT molecular complexity index is 309. The molecule has 0 atom stereocenters. The van der Waals surface area contributed by atoms with Gasteiger partial charge >= 0.3 is 5.97 Å². The zero-order valence-corrected chi connectivity index (χ0v) is 9.19. The highest BCUT2D eigenvalue weighted by molar-refractivity contribution is 5.84. The van der Waals surface area contributed by atoms with Crippen LogP contribution in [-0.4, -0.2) is 23.0 Å². The van der Waals surface area contributed by atoms with E-state index in [2.05, 4.69) is 21.6 Å². The third kappa shape index (κ3) is 3.65. The van der Waals surface area contributed by atoms with Crippen LogP contribution in [0.4, 0.5) is 0 Å². The molecule has 82 valence electrons. The number of hydrogen-bond donors (Lipinski definition) is 0. The predicted octanol–water partition coefficient (Wildman–Crippen LogP) is 2.00. The average molecular weight is 208 g/mol. The van der Waals surface area contributed by atoms with E-state index in [0.717, 1.165) is 18.4 Å². The van der Waals surface area contributed by atoms with Crippen molar-refractivity contribution in [1.29, 1.82) is 0 Å². The summed E-state index contributed by atoms with van der Waals surface area (Å²) in [6.07, 6.45) is 7.89. The Labute approximate surface area is 89.7 Å². The van der Waals surface area contributed by atoms with E-state index in [4.69, 9.17) is 0 Å². The second kappa shape index (κ2) is 6.11. The van der Waals surface area contributed by atoms with E-state index >= 15 is 0 Å². The van der Waals surface area contributed by atoms with E-state index in [1.54, 1.807) is 12.4 Å². The van der Waals surface area contributed by atoms with Crippen molar-refractivity contribution in [1.82, 2.24) is 9.97 Å². The van der Waals surface area contributed by atoms with Crippen molar-refractivity contribution >= 4 is 5.97 Å². The first-order valence-corrected chi connectivity index (χ1v) is 5.17. The number of nitrogens with zero attached hydrogens (tertiary/aromatic N) is 2. The first kappa shape index (κ1) is 11.6. The zero-order chi connectivity index (χ0) is 11.1. The molecule has 0 saturated carbocycles. The van der Waals surface area contributed by atoms with Gasteiger partial charge in [0, 0.05) is 12.4 Å². The van der Waals surface area contributed by atoms with Crippen molar-refractivity contribution in [3.05, 3.63) is 23.8 Å². The van der Waals surface area contributed by atoms with Gasteiger partial charge in [-0.05, 0) is 18.4 Å². The van der Waals surface area contributed by atoms with Crippen LogP contribution in [0.3, 0.4) is 0 Å². The molecule has 1 heterocycles. The Hall–Kier alpha value is -1.45. The van der Waals surface area contributed by atoms with Gasteiger partial charge in [0.15, 0.2) is 0 Å². The number of hydrogen-bond acceptors (Lipinski definition) is 4. The molecule has 0 unspecified atom stereocenters.